The molecule has 4 unspecified atom stereocenters. The van der Waals surface area contributed by atoms with E-state index in [0.717, 1.165) is 17.7 Å². The van der Waals surface area contributed by atoms with Gasteiger partial charge in [0.2, 0.25) is 5.91 Å². The molecule has 1 saturated carbocycles. The molecule has 2 fully saturated rings. The molecule has 35 heavy (non-hydrogen) atoms. The topological polar surface area (TPSA) is 66.8 Å². The van der Waals surface area contributed by atoms with E-state index in [1.807, 2.05) is 60.4 Å². The Kier molecular flexibility index (Phi) is 8.09. The predicted molar refractivity (Wildman–Crippen MR) is 138 cm³/mol. The van der Waals surface area contributed by atoms with E-state index in [1.165, 1.54) is 12.8 Å². The standard InChI is InChI=1S/C28H33Cl2NO4/c1-18(12-13-35-17-19-6-7-19)31-26(20-8-10-22(29)11-9-20)24(21-4-3-5-23(30)14-21)15-28(2,27(31)34)16-25(32)33/h3-5,8-11,14,18-19,24,26H,6-7,12-13,15-17H2,1-2H3,(H,32,33). The molecule has 4 rings (SSSR count). The Morgan fingerprint density at radius 2 is 1.86 bits per heavy atom. The van der Waals surface area contributed by atoms with Crippen LogP contribution in [0.4, 0.5) is 0 Å². The van der Waals surface area contributed by atoms with E-state index in [4.69, 9.17) is 27.9 Å². The van der Waals surface area contributed by atoms with Crippen LogP contribution in [0.2, 0.25) is 10.0 Å². The van der Waals surface area contributed by atoms with E-state index >= 15 is 0 Å². The van der Waals surface area contributed by atoms with Crippen molar-refractivity contribution in [1.29, 1.82) is 0 Å². The van der Waals surface area contributed by atoms with Gasteiger partial charge in [0.05, 0.1) is 17.9 Å². The Morgan fingerprint density at radius 3 is 2.49 bits per heavy atom. The molecule has 0 spiro atoms. The summed E-state index contributed by atoms with van der Waals surface area (Å²) >= 11 is 12.6. The first-order chi connectivity index (χ1) is 16.7. The van der Waals surface area contributed by atoms with Gasteiger partial charge in [0.15, 0.2) is 0 Å². The molecular weight excluding hydrogens is 485 g/mol. The quantitative estimate of drug-likeness (QED) is 0.354. The third kappa shape index (κ3) is 6.19. The van der Waals surface area contributed by atoms with E-state index in [1.54, 1.807) is 6.92 Å². The lowest BCUT2D eigenvalue weighted by molar-refractivity contribution is -0.160. The maximum absolute atomic E-state index is 14.0. The molecule has 2 aromatic carbocycles. The Bertz CT molecular complexity index is 1060. The number of rotatable bonds is 10. The first-order valence-electron chi connectivity index (χ1n) is 12.3. The van der Waals surface area contributed by atoms with Crippen molar-refractivity contribution >= 4 is 35.1 Å². The van der Waals surface area contributed by atoms with Gasteiger partial charge >= 0.3 is 5.97 Å². The third-order valence-electron chi connectivity index (χ3n) is 7.34. The maximum atomic E-state index is 14.0. The molecule has 1 amide bonds. The summed E-state index contributed by atoms with van der Waals surface area (Å²) in [5, 5.41) is 10.9. The van der Waals surface area contributed by atoms with E-state index < -0.39 is 11.4 Å². The number of piperidine rings is 1. The van der Waals surface area contributed by atoms with Crippen LogP contribution in [-0.4, -0.2) is 41.1 Å². The molecule has 0 aromatic heterocycles. The Hall–Kier alpha value is -2.08. The Morgan fingerprint density at radius 1 is 1.14 bits per heavy atom. The summed E-state index contributed by atoms with van der Waals surface area (Å²) in [6.07, 6.45) is 3.32. The van der Waals surface area contributed by atoms with Crippen LogP contribution in [0.5, 0.6) is 0 Å². The van der Waals surface area contributed by atoms with Gasteiger partial charge in [0.1, 0.15) is 0 Å². The number of hydrogen-bond donors (Lipinski definition) is 1. The number of nitrogens with zero attached hydrogens (tertiary/aromatic N) is 1. The largest absolute Gasteiger partial charge is 0.481 e. The molecule has 0 bridgehead atoms. The lowest BCUT2D eigenvalue weighted by Crippen LogP contribution is -2.55. The Balaban J connectivity index is 1.73. The van der Waals surface area contributed by atoms with Gasteiger partial charge in [-0.05, 0) is 73.9 Å². The number of ether oxygens (including phenoxy) is 1. The summed E-state index contributed by atoms with van der Waals surface area (Å²) in [4.78, 5) is 27.8. The molecular formula is C28H33Cl2NO4. The van der Waals surface area contributed by atoms with Crippen molar-refractivity contribution in [2.45, 2.75) is 64.0 Å². The van der Waals surface area contributed by atoms with Crippen LogP contribution in [0.3, 0.4) is 0 Å². The minimum Gasteiger partial charge on any atom is -0.481 e. The minimum atomic E-state index is -1.04. The summed E-state index contributed by atoms with van der Waals surface area (Å²) in [7, 11) is 0. The molecule has 4 atom stereocenters. The van der Waals surface area contributed by atoms with Crippen LogP contribution in [0.1, 0.15) is 69.0 Å². The zero-order valence-corrected chi connectivity index (χ0v) is 21.8. The second-order valence-corrected chi connectivity index (χ2v) is 11.2. The molecule has 1 heterocycles. The monoisotopic (exact) mass is 517 g/mol. The number of carbonyl (C=O) groups is 2. The lowest BCUT2D eigenvalue weighted by atomic mass is 9.67. The van der Waals surface area contributed by atoms with Crippen LogP contribution < -0.4 is 0 Å². The highest BCUT2D eigenvalue weighted by atomic mass is 35.5. The number of amides is 1. The number of carboxylic acid groups (broad SMARTS) is 1. The number of carboxylic acids is 1. The number of halogens is 2. The van der Waals surface area contributed by atoms with Crippen molar-refractivity contribution in [2.24, 2.45) is 11.3 Å². The molecule has 1 saturated heterocycles. The molecule has 188 valence electrons. The van der Waals surface area contributed by atoms with Gasteiger partial charge in [-0.2, -0.15) is 0 Å². The van der Waals surface area contributed by atoms with Gasteiger partial charge in [-0.1, -0.05) is 54.4 Å². The van der Waals surface area contributed by atoms with Crippen LogP contribution >= 0.6 is 23.2 Å². The smallest absolute Gasteiger partial charge is 0.304 e. The molecule has 1 aliphatic carbocycles. The molecule has 1 N–H and O–H groups in total. The summed E-state index contributed by atoms with van der Waals surface area (Å²) in [5.74, 6) is -0.564. The second-order valence-electron chi connectivity index (χ2n) is 10.4. The first-order valence-corrected chi connectivity index (χ1v) is 13.1. The van der Waals surface area contributed by atoms with Crippen LogP contribution in [0.15, 0.2) is 48.5 Å². The molecule has 1 aliphatic heterocycles. The SMILES string of the molecule is CC(CCOCC1CC1)N1C(=O)C(C)(CC(=O)O)CC(c2cccc(Cl)c2)C1c1ccc(Cl)cc1. The van der Waals surface area contributed by atoms with Gasteiger partial charge in [0, 0.05) is 35.2 Å². The fraction of sp³-hybridized carbons (Fsp3) is 0.500. The lowest BCUT2D eigenvalue weighted by Gasteiger charge is -2.51. The first kappa shape index (κ1) is 26.0. The highest BCUT2D eigenvalue weighted by molar-refractivity contribution is 6.30. The molecule has 2 aromatic rings. The van der Waals surface area contributed by atoms with Crippen LogP contribution in [0.25, 0.3) is 0 Å². The summed E-state index contributed by atoms with van der Waals surface area (Å²) in [6.45, 7) is 5.14. The van der Waals surface area contributed by atoms with Crippen molar-refractivity contribution in [3.63, 3.8) is 0 Å². The van der Waals surface area contributed by atoms with Gasteiger partial charge in [-0.25, -0.2) is 0 Å². The van der Waals surface area contributed by atoms with E-state index in [9.17, 15) is 14.7 Å². The van der Waals surface area contributed by atoms with Crippen molar-refractivity contribution in [3.05, 3.63) is 69.7 Å². The second kappa shape index (κ2) is 10.9. The summed E-state index contributed by atoms with van der Waals surface area (Å²) < 4.78 is 5.89. The summed E-state index contributed by atoms with van der Waals surface area (Å²) in [6, 6.07) is 14.8. The number of likely N-dealkylation sites (tertiary alicyclic amines) is 1. The van der Waals surface area contributed by atoms with E-state index in [0.29, 0.717) is 35.4 Å². The number of aliphatic carboxylic acids is 1. The zero-order valence-electron chi connectivity index (χ0n) is 20.3. The van der Waals surface area contributed by atoms with E-state index in [-0.39, 0.29) is 30.3 Å². The van der Waals surface area contributed by atoms with Gasteiger partial charge in [-0.3, -0.25) is 9.59 Å². The maximum Gasteiger partial charge on any atom is 0.304 e. The fourth-order valence-electron chi connectivity index (χ4n) is 5.29. The predicted octanol–water partition coefficient (Wildman–Crippen LogP) is 6.74. The number of carbonyl (C=O) groups excluding carboxylic acids is 1. The normalized spacial score (nSPS) is 25.5. The van der Waals surface area contributed by atoms with Crippen molar-refractivity contribution < 1.29 is 19.4 Å². The van der Waals surface area contributed by atoms with Crippen molar-refractivity contribution in [1.82, 2.24) is 4.90 Å². The number of hydrogen-bond acceptors (Lipinski definition) is 3. The Labute approximate surface area is 217 Å². The van der Waals surface area contributed by atoms with Gasteiger partial charge in [0.25, 0.3) is 0 Å². The fourth-order valence-corrected chi connectivity index (χ4v) is 5.61. The zero-order chi connectivity index (χ0) is 25.2. The van der Waals surface area contributed by atoms with Crippen LogP contribution in [0, 0.1) is 11.3 Å². The average molecular weight is 518 g/mol. The highest BCUT2D eigenvalue weighted by Gasteiger charge is 2.51. The van der Waals surface area contributed by atoms with Crippen molar-refractivity contribution in [3.8, 4) is 0 Å². The minimum absolute atomic E-state index is 0.132. The van der Waals surface area contributed by atoms with E-state index in [2.05, 4.69) is 0 Å². The number of benzene rings is 2. The van der Waals surface area contributed by atoms with Gasteiger partial charge in [-0.15, -0.1) is 0 Å². The molecule has 7 heteroatoms. The molecule has 0 radical (unpaired) electrons. The molecule has 5 nitrogen and oxygen atoms in total. The van der Waals surface area contributed by atoms with Crippen LogP contribution in [-0.2, 0) is 14.3 Å². The molecule has 2 aliphatic rings. The van der Waals surface area contributed by atoms with Crippen molar-refractivity contribution in [2.75, 3.05) is 13.2 Å². The third-order valence-corrected chi connectivity index (χ3v) is 7.82. The average Bonchev–Trinajstić information content (AvgIpc) is 3.63. The highest BCUT2D eigenvalue weighted by Crippen LogP contribution is 2.52. The summed E-state index contributed by atoms with van der Waals surface area (Å²) in [5.41, 5.74) is 0.921. The van der Waals surface area contributed by atoms with Gasteiger partial charge < -0.3 is 14.7 Å².